The van der Waals surface area contributed by atoms with Crippen molar-refractivity contribution < 1.29 is 0 Å². The number of rotatable bonds is 7. The molecule has 1 nitrogen and oxygen atoms in total. The van der Waals surface area contributed by atoms with Gasteiger partial charge in [-0.25, -0.2) is 0 Å². The van der Waals surface area contributed by atoms with Crippen molar-refractivity contribution in [3.05, 3.63) is 6.92 Å². The van der Waals surface area contributed by atoms with Crippen LogP contribution in [0, 0.1) is 6.92 Å². The van der Waals surface area contributed by atoms with Crippen molar-refractivity contribution in [2.24, 2.45) is 0 Å². The summed E-state index contributed by atoms with van der Waals surface area (Å²) in [5.74, 6) is 0. The van der Waals surface area contributed by atoms with E-state index in [4.69, 9.17) is 0 Å². The van der Waals surface area contributed by atoms with E-state index in [2.05, 4.69) is 39.5 Å². The highest BCUT2D eigenvalue weighted by atomic mass is 15.2. The highest BCUT2D eigenvalue weighted by Gasteiger charge is 2.25. The second-order valence-electron chi connectivity index (χ2n) is 4.04. The molecule has 0 rings (SSSR count). The van der Waals surface area contributed by atoms with Crippen LogP contribution in [0.3, 0.4) is 0 Å². The van der Waals surface area contributed by atoms with Crippen LogP contribution in [-0.4, -0.2) is 23.5 Å². The Morgan fingerprint density at radius 1 is 1.15 bits per heavy atom. The molecule has 0 aromatic heterocycles. The van der Waals surface area contributed by atoms with Crippen LogP contribution in [0.5, 0.6) is 0 Å². The lowest BCUT2D eigenvalue weighted by molar-refractivity contribution is 0.106. The average molecular weight is 184 g/mol. The molecule has 0 aliphatic carbocycles. The van der Waals surface area contributed by atoms with Crippen LogP contribution in [0.15, 0.2) is 0 Å². The molecule has 0 saturated carbocycles. The first kappa shape index (κ1) is 13.0. The SMILES string of the molecule is [CH2]CN(CCCC)C(C)(CC)CC. The number of hydrogen-bond acceptors (Lipinski definition) is 1. The van der Waals surface area contributed by atoms with E-state index in [9.17, 15) is 0 Å². The van der Waals surface area contributed by atoms with E-state index in [1.54, 1.807) is 0 Å². The maximum Gasteiger partial charge on any atom is 0.0176 e. The van der Waals surface area contributed by atoms with Gasteiger partial charge in [-0.2, -0.15) is 0 Å². The summed E-state index contributed by atoms with van der Waals surface area (Å²) in [6.07, 6.45) is 5.02. The van der Waals surface area contributed by atoms with Crippen molar-refractivity contribution in [2.45, 2.75) is 58.9 Å². The smallest absolute Gasteiger partial charge is 0.0176 e. The third-order valence-electron chi connectivity index (χ3n) is 3.34. The van der Waals surface area contributed by atoms with Crippen molar-refractivity contribution in [1.82, 2.24) is 4.90 Å². The molecule has 13 heavy (non-hydrogen) atoms. The van der Waals surface area contributed by atoms with Gasteiger partial charge in [-0.15, -0.1) is 0 Å². The minimum Gasteiger partial charge on any atom is -0.298 e. The largest absolute Gasteiger partial charge is 0.298 e. The Morgan fingerprint density at radius 3 is 2.00 bits per heavy atom. The fourth-order valence-corrected chi connectivity index (χ4v) is 1.70. The summed E-state index contributed by atoms with van der Waals surface area (Å²) in [7, 11) is 0. The number of nitrogens with zero attached hydrogens (tertiary/aromatic N) is 1. The quantitative estimate of drug-likeness (QED) is 0.585. The Bertz CT molecular complexity index is 116. The van der Waals surface area contributed by atoms with Gasteiger partial charge in [-0.1, -0.05) is 27.2 Å². The highest BCUT2D eigenvalue weighted by Crippen LogP contribution is 2.23. The standard InChI is InChI=1S/C12H26N/c1-6-10-11-13(9-4)12(5,7-2)8-3/h4,6-11H2,1-3,5H3. The molecule has 0 aliphatic rings. The Kier molecular flexibility index (Phi) is 6.40. The lowest BCUT2D eigenvalue weighted by Gasteiger charge is -2.40. The molecule has 0 aromatic carbocycles. The van der Waals surface area contributed by atoms with E-state index in [1.807, 2.05) is 0 Å². The first-order valence-electron chi connectivity index (χ1n) is 5.68. The minimum atomic E-state index is 0.372. The molecule has 0 amide bonds. The van der Waals surface area contributed by atoms with Crippen LogP contribution in [0.2, 0.25) is 0 Å². The molecular formula is C12H26N. The summed E-state index contributed by atoms with van der Waals surface area (Å²) in [4.78, 5) is 2.52. The Morgan fingerprint density at radius 2 is 1.69 bits per heavy atom. The molecule has 0 atom stereocenters. The van der Waals surface area contributed by atoms with Gasteiger partial charge in [0.1, 0.15) is 0 Å². The summed E-state index contributed by atoms with van der Waals surface area (Å²) in [5, 5.41) is 0. The van der Waals surface area contributed by atoms with E-state index in [1.165, 1.54) is 32.2 Å². The van der Waals surface area contributed by atoms with E-state index in [0.717, 1.165) is 6.54 Å². The van der Waals surface area contributed by atoms with Crippen LogP contribution in [-0.2, 0) is 0 Å². The van der Waals surface area contributed by atoms with E-state index in [-0.39, 0.29) is 0 Å². The van der Waals surface area contributed by atoms with Crippen molar-refractivity contribution in [2.75, 3.05) is 13.1 Å². The predicted molar refractivity (Wildman–Crippen MR) is 60.8 cm³/mol. The lowest BCUT2D eigenvalue weighted by atomic mass is 9.93. The predicted octanol–water partition coefficient (Wildman–Crippen LogP) is 3.50. The van der Waals surface area contributed by atoms with Gasteiger partial charge < -0.3 is 0 Å². The second-order valence-corrected chi connectivity index (χ2v) is 4.04. The summed E-state index contributed by atoms with van der Waals surface area (Å²) >= 11 is 0. The van der Waals surface area contributed by atoms with Crippen LogP contribution >= 0.6 is 0 Å². The van der Waals surface area contributed by atoms with Gasteiger partial charge in [-0.05, 0) is 46.2 Å². The van der Waals surface area contributed by atoms with Gasteiger partial charge in [0, 0.05) is 5.54 Å². The van der Waals surface area contributed by atoms with Crippen LogP contribution in [0.4, 0.5) is 0 Å². The molecule has 0 N–H and O–H groups in total. The number of hydrogen-bond donors (Lipinski definition) is 0. The number of unbranched alkanes of at least 4 members (excludes halogenated alkanes) is 1. The summed E-state index contributed by atoms with van der Waals surface area (Å²) in [6.45, 7) is 15.3. The molecule has 0 heterocycles. The summed E-state index contributed by atoms with van der Waals surface area (Å²) in [5.41, 5.74) is 0.372. The van der Waals surface area contributed by atoms with Crippen molar-refractivity contribution in [3.63, 3.8) is 0 Å². The third kappa shape index (κ3) is 3.68. The van der Waals surface area contributed by atoms with E-state index < -0.39 is 0 Å². The maximum atomic E-state index is 4.03. The molecule has 0 fully saturated rings. The zero-order chi connectivity index (χ0) is 10.3. The van der Waals surface area contributed by atoms with Gasteiger partial charge in [0.2, 0.25) is 0 Å². The monoisotopic (exact) mass is 184 g/mol. The lowest BCUT2D eigenvalue weighted by Crippen LogP contribution is -2.45. The topological polar surface area (TPSA) is 3.24 Å². The molecule has 0 aliphatic heterocycles. The Hall–Kier alpha value is -0.0400. The fourth-order valence-electron chi connectivity index (χ4n) is 1.70. The fraction of sp³-hybridized carbons (Fsp3) is 0.917. The Balaban J connectivity index is 4.16. The highest BCUT2D eigenvalue weighted by molar-refractivity contribution is 4.83. The first-order chi connectivity index (χ1) is 6.14. The molecule has 79 valence electrons. The molecule has 0 unspecified atom stereocenters. The molecule has 1 heteroatoms. The van der Waals surface area contributed by atoms with Gasteiger partial charge >= 0.3 is 0 Å². The normalized spacial score (nSPS) is 12.5. The first-order valence-corrected chi connectivity index (χ1v) is 5.68. The maximum absolute atomic E-state index is 4.03. The zero-order valence-corrected chi connectivity index (χ0v) is 9.90. The van der Waals surface area contributed by atoms with Crippen molar-refractivity contribution in [1.29, 1.82) is 0 Å². The van der Waals surface area contributed by atoms with Gasteiger partial charge in [0.05, 0.1) is 0 Å². The van der Waals surface area contributed by atoms with Gasteiger partial charge in [-0.3, -0.25) is 4.90 Å². The second kappa shape index (κ2) is 6.42. The average Bonchev–Trinajstić information content (AvgIpc) is 2.18. The molecule has 0 saturated heterocycles. The molecule has 0 spiro atoms. The third-order valence-corrected chi connectivity index (χ3v) is 3.34. The Labute approximate surface area is 84.5 Å². The van der Waals surface area contributed by atoms with E-state index >= 15 is 0 Å². The van der Waals surface area contributed by atoms with Crippen molar-refractivity contribution >= 4 is 0 Å². The molecular weight excluding hydrogens is 158 g/mol. The zero-order valence-electron chi connectivity index (χ0n) is 9.90. The molecule has 1 radical (unpaired) electrons. The van der Waals surface area contributed by atoms with Crippen LogP contribution < -0.4 is 0 Å². The summed E-state index contributed by atoms with van der Waals surface area (Å²) in [6, 6.07) is 0. The van der Waals surface area contributed by atoms with Gasteiger partial charge in [0.15, 0.2) is 0 Å². The summed E-state index contributed by atoms with van der Waals surface area (Å²) < 4.78 is 0. The molecule has 0 aromatic rings. The minimum absolute atomic E-state index is 0.372. The van der Waals surface area contributed by atoms with Crippen LogP contribution in [0.25, 0.3) is 0 Å². The van der Waals surface area contributed by atoms with Crippen LogP contribution in [0.1, 0.15) is 53.4 Å². The molecule has 0 bridgehead atoms. The van der Waals surface area contributed by atoms with Crippen molar-refractivity contribution in [3.8, 4) is 0 Å². The van der Waals surface area contributed by atoms with E-state index in [0.29, 0.717) is 5.54 Å². The van der Waals surface area contributed by atoms with Gasteiger partial charge in [0.25, 0.3) is 0 Å².